The van der Waals surface area contributed by atoms with Crippen LogP contribution in [0.1, 0.15) is 60.8 Å². The van der Waals surface area contributed by atoms with Crippen LogP contribution in [0.5, 0.6) is 0 Å². The second-order valence-corrected chi connectivity index (χ2v) is 8.44. The minimum atomic E-state index is -0.585. The third-order valence-electron chi connectivity index (χ3n) is 4.03. The topological polar surface area (TPSA) is 55.8 Å². The van der Waals surface area contributed by atoms with Gasteiger partial charge < -0.3 is 9.47 Å². The van der Waals surface area contributed by atoms with Crippen molar-refractivity contribution in [2.45, 2.75) is 84.1 Å². The summed E-state index contributed by atoms with van der Waals surface area (Å²) in [7, 11) is 0. The van der Waals surface area contributed by atoms with E-state index in [2.05, 4.69) is 12.2 Å². The molecule has 0 aromatic carbocycles. The van der Waals surface area contributed by atoms with Gasteiger partial charge in [0.25, 0.3) is 0 Å². The van der Waals surface area contributed by atoms with Gasteiger partial charge in [0, 0.05) is 6.04 Å². The van der Waals surface area contributed by atoms with E-state index >= 15 is 0 Å². The van der Waals surface area contributed by atoms with Crippen molar-refractivity contribution in [3.63, 3.8) is 0 Å². The van der Waals surface area contributed by atoms with Gasteiger partial charge >= 0.3 is 12.1 Å². The standard InChI is InChI=1S/C18H29NO4/c1-17(2,3)22-15(20)14-11-12-9-7-8-10-13(12)19(14)16(21)23-18(4,5)6/h7-8,12-14H,9-11H2,1-6H3/t12-,13+,14+/m1/s1. The molecule has 5 heteroatoms. The Morgan fingerprint density at radius 1 is 0.957 bits per heavy atom. The number of carbonyl (C=O) groups excluding carboxylic acids is 2. The molecule has 0 N–H and O–H groups in total. The van der Waals surface area contributed by atoms with Crippen molar-refractivity contribution >= 4 is 12.1 Å². The first-order chi connectivity index (χ1) is 10.5. The summed E-state index contributed by atoms with van der Waals surface area (Å²) in [5.74, 6) is -0.0391. The zero-order valence-electron chi connectivity index (χ0n) is 15.1. The lowest BCUT2D eigenvalue weighted by Crippen LogP contribution is -2.49. The Hall–Kier alpha value is -1.52. The van der Waals surface area contributed by atoms with Crippen LogP contribution in [0.15, 0.2) is 12.2 Å². The number of hydrogen-bond acceptors (Lipinski definition) is 4. The molecule has 0 bridgehead atoms. The fourth-order valence-corrected chi connectivity index (χ4v) is 3.24. The Morgan fingerprint density at radius 2 is 1.52 bits per heavy atom. The lowest BCUT2D eigenvalue weighted by Gasteiger charge is -2.34. The van der Waals surface area contributed by atoms with Crippen LogP contribution < -0.4 is 0 Å². The number of allylic oxidation sites excluding steroid dienone is 1. The molecule has 1 aliphatic carbocycles. The van der Waals surface area contributed by atoms with E-state index in [0.29, 0.717) is 12.3 Å². The van der Waals surface area contributed by atoms with E-state index in [4.69, 9.17) is 9.47 Å². The summed E-state index contributed by atoms with van der Waals surface area (Å²) < 4.78 is 11.1. The number of rotatable bonds is 1. The van der Waals surface area contributed by atoms with Crippen LogP contribution in [0.25, 0.3) is 0 Å². The zero-order chi connectivity index (χ0) is 17.4. The van der Waals surface area contributed by atoms with Crippen molar-refractivity contribution in [3.05, 3.63) is 12.2 Å². The molecule has 0 aromatic heterocycles. The largest absolute Gasteiger partial charge is 0.458 e. The van der Waals surface area contributed by atoms with E-state index in [1.54, 1.807) is 4.90 Å². The van der Waals surface area contributed by atoms with E-state index in [1.165, 1.54) is 0 Å². The summed E-state index contributed by atoms with van der Waals surface area (Å²) in [6.07, 6.45) is 6.09. The monoisotopic (exact) mass is 323 g/mol. The fraction of sp³-hybridized carbons (Fsp3) is 0.778. The first-order valence-corrected chi connectivity index (χ1v) is 8.37. The number of fused-ring (bicyclic) bond motifs is 1. The Bertz CT molecular complexity index is 498. The highest BCUT2D eigenvalue weighted by atomic mass is 16.6. The minimum absolute atomic E-state index is 0.0207. The quantitative estimate of drug-likeness (QED) is 0.546. The predicted molar refractivity (Wildman–Crippen MR) is 88.0 cm³/mol. The third kappa shape index (κ3) is 4.49. The van der Waals surface area contributed by atoms with Crippen LogP contribution >= 0.6 is 0 Å². The van der Waals surface area contributed by atoms with Crippen molar-refractivity contribution in [1.82, 2.24) is 4.90 Å². The van der Waals surface area contributed by atoms with Gasteiger partial charge in [-0.2, -0.15) is 0 Å². The number of amides is 1. The van der Waals surface area contributed by atoms with E-state index in [1.807, 2.05) is 41.5 Å². The molecule has 2 aliphatic rings. The van der Waals surface area contributed by atoms with Gasteiger partial charge in [-0.1, -0.05) is 12.2 Å². The molecule has 0 unspecified atom stereocenters. The number of carbonyl (C=O) groups is 2. The summed E-state index contributed by atoms with van der Waals surface area (Å²) in [5.41, 5.74) is -1.15. The van der Waals surface area contributed by atoms with Gasteiger partial charge in [-0.05, 0) is 66.7 Å². The second-order valence-electron chi connectivity index (χ2n) is 8.44. The Kier molecular flexibility index (Phi) is 4.79. The van der Waals surface area contributed by atoms with Gasteiger partial charge in [-0.15, -0.1) is 0 Å². The second kappa shape index (κ2) is 6.17. The van der Waals surface area contributed by atoms with Gasteiger partial charge in [0.1, 0.15) is 17.2 Å². The molecule has 1 aliphatic heterocycles. The van der Waals surface area contributed by atoms with E-state index in [9.17, 15) is 9.59 Å². The van der Waals surface area contributed by atoms with E-state index in [0.717, 1.165) is 12.8 Å². The Labute approximate surface area is 139 Å². The molecule has 1 amide bonds. The lowest BCUT2D eigenvalue weighted by atomic mass is 9.89. The van der Waals surface area contributed by atoms with Crippen molar-refractivity contribution in [1.29, 1.82) is 0 Å². The summed E-state index contributed by atoms with van der Waals surface area (Å²) >= 11 is 0. The zero-order valence-corrected chi connectivity index (χ0v) is 15.1. The highest BCUT2D eigenvalue weighted by molar-refractivity contribution is 5.83. The molecule has 0 aromatic rings. The van der Waals surface area contributed by atoms with Gasteiger partial charge in [0.15, 0.2) is 0 Å². The number of esters is 1. The van der Waals surface area contributed by atoms with Crippen LogP contribution in [-0.2, 0) is 14.3 Å². The first-order valence-electron chi connectivity index (χ1n) is 8.37. The van der Waals surface area contributed by atoms with Crippen molar-refractivity contribution < 1.29 is 19.1 Å². The summed E-state index contributed by atoms with van der Waals surface area (Å²) in [5, 5.41) is 0. The van der Waals surface area contributed by atoms with Crippen LogP contribution in [0.2, 0.25) is 0 Å². The highest BCUT2D eigenvalue weighted by Crippen LogP contribution is 2.39. The third-order valence-corrected chi connectivity index (χ3v) is 4.03. The Morgan fingerprint density at radius 3 is 2.09 bits per heavy atom. The normalized spacial score (nSPS) is 27.6. The molecule has 1 fully saturated rings. The maximum atomic E-state index is 12.7. The Balaban J connectivity index is 2.22. The van der Waals surface area contributed by atoms with Gasteiger partial charge in [-0.3, -0.25) is 4.90 Å². The van der Waals surface area contributed by atoms with Gasteiger partial charge in [0.05, 0.1) is 0 Å². The van der Waals surface area contributed by atoms with Crippen molar-refractivity contribution in [3.8, 4) is 0 Å². The van der Waals surface area contributed by atoms with E-state index in [-0.39, 0.29) is 12.0 Å². The molecule has 3 atom stereocenters. The predicted octanol–water partition coefficient (Wildman–Crippen LogP) is 3.67. The molecule has 23 heavy (non-hydrogen) atoms. The maximum Gasteiger partial charge on any atom is 0.411 e. The van der Waals surface area contributed by atoms with Crippen LogP contribution in [0.3, 0.4) is 0 Å². The smallest absolute Gasteiger partial charge is 0.411 e. The summed E-state index contributed by atoms with van der Waals surface area (Å²) in [6.45, 7) is 11.0. The molecule has 5 nitrogen and oxygen atoms in total. The maximum absolute atomic E-state index is 12.7. The average Bonchev–Trinajstić information content (AvgIpc) is 2.73. The van der Waals surface area contributed by atoms with Gasteiger partial charge in [-0.25, -0.2) is 9.59 Å². The average molecular weight is 323 g/mol. The molecule has 0 radical (unpaired) electrons. The van der Waals surface area contributed by atoms with Crippen LogP contribution in [0.4, 0.5) is 4.79 Å². The molecule has 2 rings (SSSR count). The van der Waals surface area contributed by atoms with Crippen LogP contribution in [0, 0.1) is 5.92 Å². The minimum Gasteiger partial charge on any atom is -0.458 e. The molecule has 1 saturated heterocycles. The van der Waals surface area contributed by atoms with Gasteiger partial charge in [0.2, 0.25) is 0 Å². The number of nitrogens with zero attached hydrogens (tertiary/aromatic N) is 1. The molecular formula is C18H29NO4. The van der Waals surface area contributed by atoms with Crippen molar-refractivity contribution in [2.24, 2.45) is 5.92 Å². The number of likely N-dealkylation sites (tertiary alicyclic amines) is 1. The first kappa shape index (κ1) is 17.8. The SMILES string of the molecule is CC(C)(C)OC(=O)[C@@H]1C[C@H]2CC=CC[C@@H]2N1C(=O)OC(C)(C)C. The summed E-state index contributed by atoms with van der Waals surface area (Å²) in [6, 6.07) is -0.536. The highest BCUT2D eigenvalue weighted by Gasteiger charge is 2.49. The van der Waals surface area contributed by atoms with Crippen LogP contribution in [-0.4, -0.2) is 40.2 Å². The molecular weight excluding hydrogens is 294 g/mol. The lowest BCUT2D eigenvalue weighted by molar-refractivity contribution is -0.160. The fourth-order valence-electron chi connectivity index (χ4n) is 3.24. The molecule has 130 valence electrons. The number of ether oxygens (including phenoxy) is 2. The number of hydrogen-bond donors (Lipinski definition) is 0. The molecule has 1 heterocycles. The molecule has 0 saturated carbocycles. The van der Waals surface area contributed by atoms with E-state index < -0.39 is 23.3 Å². The van der Waals surface area contributed by atoms with Crippen molar-refractivity contribution in [2.75, 3.05) is 0 Å². The summed E-state index contributed by atoms with van der Waals surface area (Å²) in [4.78, 5) is 26.9. The molecule has 0 spiro atoms.